The van der Waals surface area contributed by atoms with E-state index in [0.29, 0.717) is 0 Å². The molecule has 1 aromatic rings. The highest BCUT2D eigenvalue weighted by Crippen LogP contribution is 2.37. The van der Waals surface area contributed by atoms with Gasteiger partial charge in [0, 0.05) is 0 Å². The summed E-state index contributed by atoms with van der Waals surface area (Å²) in [5.74, 6) is -1.97. The zero-order chi connectivity index (χ0) is 12.3. The van der Waals surface area contributed by atoms with Crippen LogP contribution in [0.2, 0.25) is 0 Å². The molecule has 3 N–H and O–H groups in total. The Bertz CT molecular complexity index is 437. The normalized spacial score (nSPS) is 13.4. The van der Waals surface area contributed by atoms with Crippen LogP contribution in [0.15, 0.2) is 24.3 Å². The van der Waals surface area contributed by atoms with Gasteiger partial charge < -0.3 is 14.9 Å². The molecule has 0 spiro atoms. The summed E-state index contributed by atoms with van der Waals surface area (Å²) < 4.78 is 11.2. The first-order valence-corrected chi connectivity index (χ1v) is 6.37. The SMILES string of the molecule is CCC(C(=O)O)c1ccccc1P(=O)(O)O. The van der Waals surface area contributed by atoms with Crippen molar-refractivity contribution in [3.05, 3.63) is 29.8 Å². The molecule has 6 heteroatoms. The summed E-state index contributed by atoms with van der Waals surface area (Å²) in [5, 5.41) is 8.76. The molecule has 0 aromatic heterocycles. The number of hydrogen-bond donors (Lipinski definition) is 3. The van der Waals surface area contributed by atoms with Crippen LogP contribution in [-0.4, -0.2) is 20.9 Å². The van der Waals surface area contributed by atoms with Crippen molar-refractivity contribution in [2.24, 2.45) is 0 Å². The Morgan fingerprint density at radius 2 is 1.94 bits per heavy atom. The molecule has 0 aliphatic heterocycles. The van der Waals surface area contributed by atoms with Crippen molar-refractivity contribution >= 4 is 18.9 Å². The van der Waals surface area contributed by atoms with Crippen LogP contribution in [-0.2, 0) is 9.36 Å². The Balaban J connectivity index is 3.33. The Morgan fingerprint density at radius 3 is 2.38 bits per heavy atom. The van der Waals surface area contributed by atoms with Gasteiger partial charge in [0.25, 0.3) is 0 Å². The summed E-state index contributed by atoms with van der Waals surface area (Å²) in [6.07, 6.45) is 0.284. The van der Waals surface area contributed by atoms with Crippen molar-refractivity contribution in [2.45, 2.75) is 19.3 Å². The maximum absolute atomic E-state index is 11.2. The van der Waals surface area contributed by atoms with E-state index in [9.17, 15) is 9.36 Å². The van der Waals surface area contributed by atoms with Gasteiger partial charge in [0.15, 0.2) is 0 Å². The summed E-state index contributed by atoms with van der Waals surface area (Å²) >= 11 is 0. The van der Waals surface area contributed by atoms with Gasteiger partial charge in [-0.25, -0.2) is 0 Å². The molecule has 0 aliphatic carbocycles. The van der Waals surface area contributed by atoms with E-state index in [1.165, 1.54) is 18.2 Å². The van der Waals surface area contributed by atoms with Crippen molar-refractivity contribution in [1.29, 1.82) is 0 Å². The lowest BCUT2D eigenvalue weighted by atomic mass is 9.97. The van der Waals surface area contributed by atoms with Crippen LogP contribution in [0.5, 0.6) is 0 Å². The first kappa shape index (κ1) is 12.9. The summed E-state index contributed by atoms with van der Waals surface area (Å²) in [5.41, 5.74) is 0.186. The van der Waals surface area contributed by atoms with Crippen molar-refractivity contribution in [1.82, 2.24) is 0 Å². The number of carboxylic acid groups (broad SMARTS) is 1. The van der Waals surface area contributed by atoms with Gasteiger partial charge in [-0.05, 0) is 18.1 Å². The predicted molar refractivity (Wildman–Crippen MR) is 58.8 cm³/mol. The van der Waals surface area contributed by atoms with Gasteiger partial charge in [0.05, 0.1) is 11.2 Å². The fourth-order valence-corrected chi connectivity index (χ4v) is 2.42. The zero-order valence-corrected chi connectivity index (χ0v) is 9.59. The maximum atomic E-state index is 11.2. The van der Waals surface area contributed by atoms with Crippen LogP contribution in [0.4, 0.5) is 0 Å². The summed E-state index contributed by atoms with van der Waals surface area (Å²) in [4.78, 5) is 29.2. The fourth-order valence-electron chi connectivity index (χ4n) is 1.58. The standard InChI is InChI=1S/C10H13O5P/c1-2-7(10(11)12)8-5-3-4-6-9(8)16(13,14)15/h3-7H,2H2,1H3,(H,11,12)(H2,13,14,15). The molecule has 0 saturated carbocycles. The van der Waals surface area contributed by atoms with E-state index < -0.39 is 19.5 Å². The number of carbonyl (C=O) groups is 1. The fraction of sp³-hybridized carbons (Fsp3) is 0.300. The first-order chi connectivity index (χ1) is 7.38. The molecular formula is C10H13O5P. The van der Waals surface area contributed by atoms with Crippen LogP contribution in [0.3, 0.4) is 0 Å². The molecule has 0 aliphatic rings. The topological polar surface area (TPSA) is 94.8 Å². The first-order valence-electron chi connectivity index (χ1n) is 4.75. The third-order valence-corrected chi connectivity index (χ3v) is 3.37. The largest absolute Gasteiger partial charge is 0.481 e. The highest BCUT2D eigenvalue weighted by molar-refractivity contribution is 7.60. The van der Waals surface area contributed by atoms with Crippen molar-refractivity contribution < 1.29 is 24.3 Å². The third kappa shape index (κ3) is 2.70. The minimum atomic E-state index is -4.43. The number of rotatable bonds is 4. The average molecular weight is 244 g/mol. The second-order valence-corrected chi connectivity index (χ2v) is 4.97. The van der Waals surface area contributed by atoms with Crippen molar-refractivity contribution in [3.8, 4) is 0 Å². The third-order valence-electron chi connectivity index (χ3n) is 2.33. The number of benzene rings is 1. The maximum Gasteiger partial charge on any atom is 0.356 e. The molecule has 0 amide bonds. The van der Waals surface area contributed by atoms with E-state index in [1.54, 1.807) is 13.0 Å². The molecule has 0 bridgehead atoms. The van der Waals surface area contributed by atoms with E-state index in [1.807, 2.05) is 0 Å². The zero-order valence-electron chi connectivity index (χ0n) is 8.70. The lowest BCUT2D eigenvalue weighted by Crippen LogP contribution is -2.19. The molecule has 5 nitrogen and oxygen atoms in total. The van der Waals surface area contributed by atoms with Crippen LogP contribution in [0, 0.1) is 0 Å². The van der Waals surface area contributed by atoms with Crippen molar-refractivity contribution in [2.75, 3.05) is 0 Å². The molecule has 0 heterocycles. The second-order valence-electron chi connectivity index (χ2n) is 3.40. The van der Waals surface area contributed by atoms with Gasteiger partial charge >= 0.3 is 13.6 Å². The minimum absolute atomic E-state index is 0.186. The van der Waals surface area contributed by atoms with E-state index in [4.69, 9.17) is 14.9 Å². The number of hydrogen-bond acceptors (Lipinski definition) is 2. The molecule has 0 radical (unpaired) electrons. The van der Waals surface area contributed by atoms with Gasteiger partial charge in [-0.15, -0.1) is 0 Å². The van der Waals surface area contributed by atoms with Crippen molar-refractivity contribution in [3.63, 3.8) is 0 Å². The quantitative estimate of drug-likeness (QED) is 0.688. The smallest absolute Gasteiger partial charge is 0.356 e. The molecule has 1 aromatic carbocycles. The van der Waals surface area contributed by atoms with Crippen LogP contribution in [0.1, 0.15) is 24.8 Å². The lowest BCUT2D eigenvalue weighted by Gasteiger charge is -2.15. The van der Waals surface area contributed by atoms with Gasteiger partial charge in [0.2, 0.25) is 0 Å². The molecule has 88 valence electrons. The lowest BCUT2D eigenvalue weighted by molar-refractivity contribution is -0.138. The van der Waals surface area contributed by atoms with E-state index >= 15 is 0 Å². The number of aliphatic carboxylic acids is 1. The van der Waals surface area contributed by atoms with Crippen LogP contribution >= 0.6 is 7.60 Å². The molecular weight excluding hydrogens is 231 g/mol. The molecule has 1 rings (SSSR count). The Morgan fingerprint density at radius 1 is 1.38 bits per heavy atom. The summed E-state index contributed by atoms with van der Waals surface area (Å²) in [6.45, 7) is 1.66. The van der Waals surface area contributed by atoms with Gasteiger partial charge in [-0.1, -0.05) is 25.1 Å². The Labute approximate surface area is 92.9 Å². The average Bonchev–Trinajstić information content (AvgIpc) is 2.17. The summed E-state index contributed by atoms with van der Waals surface area (Å²) in [6, 6.07) is 5.75. The second kappa shape index (κ2) is 4.78. The van der Waals surface area contributed by atoms with E-state index in [-0.39, 0.29) is 17.3 Å². The van der Waals surface area contributed by atoms with E-state index in [2.05, 4.69) is 0 Å². The Kier molecular flexibility index (Phi) is 3.86. The Hall–Kier alpha value is -1.16. The highest BCUT2D eigenvalue weighted by Gasteiger charge is 2.27. The molecule has 1 unspecified atom stereocenters. The van der Waals surface area contributed by atoms with Gasteiger partial charge in [-0.3, -0.25) is 9.36 Å². The molecule has 1 atom stereocenters. The molecule has 16 heavy (non-hydrogen) atoms. The van der Waals surface area contributed by atoms with Crippen LogP contribution < -0.4 is 5.30 Å². The number of carboxylic acids is 1. The van der Waals surface area contributed by atoms with Crippen LogP contribution in [0.25, 0.3) is 0 Å². The van der Waals surface area contributed by atoms with Gasteiger partial charge in [-0.2, -0.15) is 0 Å². The summed E-state index contributed by atoms with van der Waals surface area (Å²) in [7, 11) is -4.43. The highest BCUT2D eigenvalue weighted by atomic mass is 31.2. The van der Waals surface area contributed by atoms with E-state index in [0.717, 1.165) is 0 Å². The predicted octanol–water partition coefficient (Wildman–Crippen LogP) is 1.07. The van der Waals surface area contributed by atoms with Gasteiger partial charge in [0.1, 0.15) is 0 Å². The molecule has 0 saturated heterocycles. The monoisotopic (exact) mass is 244 g/mol. The minimum Gasteiger partial charge on any atom is -0.481 e. The molecule has 0 fully saturated rings.